The Morgan fingerprint density at radius 2 is 1.50 bits per heavy atom. The number of phosphoric ester groups is 1. The molecule has 0 spiro atoms. The highest BCUT2D eigenvalue weighted by Crippen LogP contribution is 2.41. The second kappa shape index (κ2) is 10.9. The minimum Gasteiger partial charge on any atom is -0.485 e. The van der Waals surface area contributed by atoms with Gasteiger partial charge in [-0.25, -0.2) is 9.36 Å². The summed E-state index contributed by atoms with van der Waals surface area (Å²) in [7, 11) is -5.07. The zero-order chi connectivity index (χ0) is 24.7. The molecule has 176 valence electrons. The van der Waals surface area contributed by atoms with Crippen LogP contribution in [0.4, 0.5) is 0 Å². The van der Waals surface area contributed by atoms with Crippen LogP contribution >= 0.6 is 7.82 Å². The van der Waals surface area contributed by atoms with E-state index in [1.54, 1.807) is 48.5 Å². The van der Waals surface area contributed by atoms with Gasteiger partial charge in [0.25, 0.3) is 0 Å². The van der Waals surface area contributed by atoms with E-state index in [0.29, 0.717) is 22.3 Å². The highest BCUT2D eigenvalue weighted by Gasteiger charge is 2.45. The molecule has 0 saturated heterocycles. The summed E-state index contributed by atoms with van der Waals surface area (Å²) in [6.07, 6.45) is -3.21. The lowest BCUT2D eigenvalue weighted by molar-refractivity contribution is -0.148. The van der Waals surface area contributed by atoms with Gasteiger partial charge in [0.1, 0.15) is 19.3 Å². The summed E-state index contributed by atoms with van der Waals surface area (Å²) in [5.41, 5.74) is 1.55. The molecule has 11 nitrogen and oxygen atoms in total. The second-order valence-corrected chi connectivity index (χ2v) is 8.14. The van der Waals surface area contributed by atoms with E-state index in [1.807, 2.05) is 12.1 Å². The standard InChI is InChI=1S/C22H19N2O9P/c23-9-14-5-1-3-7-16(14)12-30-20-19(18(11-25)33-34(27,28)29)32-22(26)21(20)31-13-17-8-4-2-6-15(17)10-24/h1-8,18-19,25H,11-13H2,(H2,27,28,29)/t18-,19+/m0/s1. The Bertz CT molecular complexity index is 1230. The number of hydrogen-bond acceptors (Lipinski definition) is 9. The number of aliphatic hydroxyl groups is 1. The minimum absolute atomic E-state index is 0.217. The van der Waals surface area contributed by atoms with Gasteiger partial charge < -0.3 is 29.1 Å². The van der Waals surface area contributed by atoms with Crippen LogP contribution in [0.15, 0.2) is 60.0 Å². The van der Waals surface area contributed by atoms with Crippen molar-refractivity contribution in [1.82, 2.24) is 0 Å². The number of carbonyl (C=O) groups excluding carboxylic acids is 1. The molecule has 12 heteroatoms. The van der Waals surface area contributed by atoms with E-state index in [-0.39, 0.29) is 19.0 Å². The fourth-order valence-electron chi connectivity index (χ4n) is 3.15. The molecule has 0 amide bonds. The van der Waals surface area contributed by atoms with Crippen molar-refractivity contribution < 1.29 is 43.0 Å². The molecule has 0 bridgehead atoms. The molecule has 2 aromatic rings. The van der Waals surface area contributed by atoms with Gasteiger partial charge in [0.15, 0.2) is 11.9 Å². The van der Waals surface area contributed by atoms with Crippen LogP contribution in [0, 0.1) is 22.7 Å². The van der Waals surface area contributed by atoms with E-state index >= 15 is 0 Å². The predicted molar refractivity (Wildman–Crippen MR) is 113 cm³/mol. The third-order valence-corrected chi connectivity index (χ3v) is 5.27. The van der Waals surface area contributed by atoms with Gasteiger partial charge in [-0.1, -0.05) is 36.4 Å². The first-order valence-corrected chi connectivity index (χ1v) is 11.3. The number of cyclic esters (lactones) is 1. The zero-order valence-corrected chi connectivity index (χ0v) is 18.4. The number of hydrogen-bond donors (Lipinski definition) is 3. The summed E-state index contributed by atoms with van der Waals surface area (Å²) in [5, 5.41) is 28.2. The summed E-state index contributed by atoms with van der Waals surface area (Å²) in [6.45, 7) is -1.36. The quantitative estimate of drug-likeness (QED) is 0.329. The van der Waals surface area contributed by atoms with Crippen LogP contribution in [0.5, 0.6) is 0 Å². The number of rotatable bonds is 10. The van der Waals surface area contributed by atoms with Crippen LogP contribution < -0.4 is 0 Å². The Kier molecular flexibility index (Phi) is 8.03. The molecule has 0 fully saturated rings. The number of nitrogens with zero attached hydrogens (tertiary/aromatic N) is 2. The van der Waals surface area contributed by atoms with E-state index in [9.17, 15) is 25.0 Å². The maximum absolute atomic E-state index is 12.6. The van der Waals surface area contributed by atoms with Crippen molar-refractivity contribution in [2.24, 2.45) is 0 Å². The summed E-state index contributed by atoms with van der Waals surface area (Å²) in [6, 6.07) is 17.0. The number of ether oxygens (including phenoxy) is 3. The Balaban J connectivity index is 1.94. The van der Waals surface area contributed by atoms with Crippen molar-refractivity contribution in [3.05, 3.63) is 82.3 Å². The van der Waals surface area contributed by atoms with Crippen molar-refractivity contribution in [2.75, 3.05) is 6.61 Å². The molecule has 3 N–H and O–H groups in total. The van der Waals surface area contributed by atoms with Crippen molar-refractivity contribution in [3.63, 3.8) is 0 Å². The van der Waals surface area contributed by atoms with Crippen LogP contribution in [0.1, 0.15) is 22.3 Å². The molecule has 2 aromatic carbocycles. The van der Waals surface area contributed by atoms with Crippen LogP contribution in [-0.4, -0.2) is 39.7 Å². The Morgan fingerprint density at radius 1 is 0.971 bits per heavy atom. The number of nitriles is 2. The summed E-state index contributed by atoms with van der Waals surface area (Å²) < 4.78 is 32.4. The SMILES string of the molecule is N#Cc1ccccc1COC1=C(OCc2ccccc2C#N)[C@@H]([C@H](CO)OP(=O)(O)O)OC1=O. The predicted octanol–water partition coefficient (Wildman–Crippen LogP) is 1.77. The molecule has 2 atom stereocenters. The smallest absolute Gasteiger partial charge is 0.470 e. The fourth-order valence-corrected chi connectivity index (χ4v) is 3.68. The molecular weight excluding hydrogens is 467 g/mol. The number of carbonyl (C=O) groups is 1. The van der Waals surface area contributed by atoms with Crippen molar-refractivity contribution in [2.45, 2.75) is 25.4 Å². The summed E-state index contributed by atoms with van der Waals surface area (Å²) in [4.78, 5) is 30.9. The normalized spacial score (nSPS) is 16.4. The molecular formula is C22H19N2O9P. The van der Waals surface area contributed by atoms with Crippen LogP contribution in [0.25, 0.3) is 0 Å². The summed E-state index contributed by atoms with van der Waals surface area (Å²) >= 11 is 0. The Labute approximate surface area is 194 Å². The van der Waals surface area contributed by atoms with E-state index in [0.717, 1.165) is 0 Å². The first-order valence-electron chi connectivity index (χ1n) is 9.79. The molecule has 0 radical (unpaired) electrons. The van der Waals surface area contributed by atoms with E-state index in [1.165, 1.54) is 0 Å². The topological polar surface area (TPSA) is 179 Å². The average molecular weight is 486 g/mol. The maximum Gasteiger partial charge on any atom is 0.470 e. The van der Waals surface area contributed by atoms with Gasteiger partial charge in [-0.2, -0.15) is 10.5 Å². The molecule has 34 heavy (non-hydrogen) atoms. The van der Waals surface area contributed by atoms with E-state index < -0.39 is 38.4 Å². The maximum atomic E-state index is 12.6. The van der Waals surface area contributed by atoms with Gasteiger partial charge in [0, 0.05) is 11.1 Å². The monoisotopic (exact) mass is 486 g/mol. The van der Waals surface area contributed by atoms with Gasteiger partial charge in [-0.15, -0.1) is 0 Å². The van der Waals surface area contributed by atoms with Gasteiger partial charge >= 0.3 is 13.8 Å². The molecule has 1 heterocycles. The first-order chi connectivity index (χ1) is 16.3. The number of esters is 1. The van der Waals surface area contributed by atoms with Gasteiger partial charge in [0.2, 0.25) is 5.76 Å². The third-order valence-electron chi connectivity index (χ3n) is 4.72. The van der Waals surface area contributed by atoms with Crippen LogP contribution in [0.3, 0.4) is 0 Å². The van der Waals surface area contributed by atoms with Crippen LogP contribution in [-0.2, 0) is 41.3 Å². The van der Waals surface area contributed by atoms with E-state index in [4.69, 9.17) is 24.0 Å². The van der Waals surface area contributed by atoms with Crippen molar-refractivity contribution >= 4 is 13.8 Å². The Hall–Kier alpha value is -3.70. The number of aliphatic hydroxyl groups excluding tert-OH is 1. The van der Waals surface area contributed by atoms with Gasteiger partial charge in [0.05, 0.1) is 29.9 Å². The van der Waals surface area contributed by atoms with Gasteiger partial charge in [-0.3, -0.25) is 4.52 Å². The molecule has 1 aliphatic heterocycles. The summed E-state index contributed by atoms with van der Waals surface area (Å²) in [5.74, 6) is -1.71. The zero-order valence-electron chi connectivity index (χ0n) is 17.5. The lowest BCUT2D eigenvalue weighted by Crippen LogP contribution is -2.34. The molecule has 0 aliphatic carbocycles. The van der Waals surface area contributed by atoms with E-state index in [2.05, 4.69) is 4.52 Å². The number of phosphoric acid groups is 1. The highest BCUT2D eigenvalue weighted by molar-refractivity contribution is 7.46. The lowest BCUT2D eigenvalue weighted by atomic mass is 10.1. The fraction of sp³-hybridized carbons (Fsp3) is 0.227. The largest absolute Gasteiger partial charge is 0.485 e. The molecule has 0 saturated carbocycles. The number of benzene rings is 2. The third kappa shape index (κ3) is 6.00. The highest BCUT2D eigenvalue weighted by atomic mass is 31.2. The molecule has 0 aromatic heterocycles. The van der Waals surface area contributed by atoms with Gasteiger partial charge in [-0.05, 0) is 12.1 Å². The lowest BCUT2D eigenvalue weighted by Gasteiger charge is -2.23. The molecule has 0 unspecified atom stereocenters. The minimum atomic E-state index is -5.07. The average Bonchev–Trinajstić information content (AvgIpc) is 3.14. The van der Waals surface area contributed by atoms with Crippen LogP contribution in [0.2, 0.25) is 0 Å². The molecule has 1 aliphatic rings. The van der Waals surface area contributed by atoms with Crippen molar-refractivity contribution in [3.8, 4) is 12.1 Å². The first kappa shape index (κ1) is 24.9. The Morgan fingerprint density at radius 3 is 2.00 bits per heavy atom. The second-order valence-electron chi connectivity index (χ2n) is 6.95. The molecule has 3 rings (SSSR count). The van der Waals surface area contributed by atoms with Crippen molar-refractivity contribution in [1.29, 1.82) is 10.5 Å².